The van der Waals surface area contributed by atoms with E-state index >= 15 is 0 Å². The van der Waals surface area contributed by atoms with Crippen LogP contribution in [0.1, 0.15) is 29.3 Å². The van der Waals surface area contributed by atoms with Crippen LogP contribution in [0.15, 0.2) is 34.0 Å². The van der Waals surface area contributed by atoms with Gasteiger partial charge in [-0.05, 0) is 25.1 Å². The van der Waals surface area contributed by atoms with E-state index in [1.165, 1.54) is 6.07 Å². The molecule has 0 saturated carbocycles. The molecule has 0 bridgehead atoms. The Hall–Kier alpha value is -2.03. The molecule has 1 aromatic carbocycles. The lowest BCUT2D eigenvalue weighted by Gasteiger charge is -2.33. The summed E-state index contributed by atoms with van der Waals surface area (Å²) in [5.41, 5.74) is -1.37. The van der Waals surface area contributed by atoms with E-state index in [1.54, 1.807) is 6.92 Å². The first-order valence-corrected chi connectivity index (χ1v) is 7.63. The van der Waals surface area contributed by atoms with Gasteiger partial charge in [0, 0.05) is 22.5 Å². The van der Waals surface area contributed by atoms with Crippen LogP contribution in [0.5, 0.6) is 0 Å². The number of amides is 1. The van der Waals surface area contributed by atoms with E-state index in [2.05, 4.69) is 15.9 Å². The molecule has 1 aliphatic heterocycles. The Balaban J connectivity index is 2.35. The van der Waals surface area contributed by atoms with Gasteiger partial charge < -0.3 is 15.1 Å². The Morgan fingerprint density at radius 3 is 2.50 bits per heavy atom. The zero-order valence-electron chi connectivity index (χ0n) is 12.4. The first-order chi connectivity index (χ1) is 11.0. The number of carbonyl (C=O) groups excluding carboxylic acids is 1. The molecule has 1 unspecified atom stereocenters. The molecule has 1 aliphatic rings. The number of carbonyl (C=O) groups is 2. The van der Waals surface area contributed by atoms with Gasteiger partial charge in [-0.25, -0.2) is 4.79 Å². The largest absolute Gasteiger partial charge is 0.510 e. The average Bonchev–Trinajstić information content (AvgIpc) is 2.47. The highest BCUT2D eigenvalue weighted by Crippen LogP contribution is 2.36. The smallest absolute Gasteiger partial charge is 0.417 e. The van der Waals surface area contributed by atoms with Gasteiger partial charge in [-0.2, -0.15) is 13.2 Å². The van der Waals surface area contributed by atoms with Crippen LogP contribution < -0.4 is 0 Å². The van der Waals surface area contributed by atoms with Crippen LogP contribution in [0.3, 0.4) is 0 Å². The van der Waals surface area contributed by atoms with E-state index in [9.17, 15) is 27.9 Å². The number of nitrogens with zero attached hydrogens (tertiary/aromatic N) is 1. The maximum absolute atomic E-state index is 12.9. The topological polar surface area (TPSA) is 77.8 Å². The number of aliphatic hydroxyl groups is 1. The lowest BCUT2D eigenvalue weighted by molar-refractivity contribution is -0.138. The van der Waals surface area contributed by atoms with Gasteiger partial charge in [0.15, 0.2) is 0 Å². The van der Waals surface area contributed by atoms with Crippen LogP contribution in [0, 0.1) is 0 Å². The number of aliphatic hydroxyl groups excluding tert-OH is 1. The molecule has 5 nitrogen and oxygen atoms in total. The number of carboxylic acids is 1. The minimum Gasteiger partial charge on any atom is -0.510 e. The molecule has 0 aromatic heterocycles. The zero-order chi connectivity index (χ0) is 18.2. The second-order valence-electron chi connectivity index (χ2n) is 5.41. The molecular weight excluding hydrogens is 395 g/mol. The molecule has 1 heterocycles. The molecule has 130 valence electrons. The SMILES string of the molecule is CC1CC(C(=O)O)=C(O)CN1C(=O)c1ccc(Br)c(C(F)(F)F)c1. The molecule has 2 N–H and O–H groups in total. The van der Waals surface area contributed by atoms with Crippen molar-refractivity contribution in [2.45, 2.75) is 25.6 Å². The molecule has 24 heavy (non-hydrogen) atoms. The van der Waals surface area contributed by atoms with Crippen molar-refractivity contribution in [3.8, 4) is 0 Å². The molecule has 0 aliphatic carbocycles. The van der Waals surface area contributed by atoms with Crippen molar-refractivity contribution < 1.29 is 33.0 Å². The summed E-state index contributed by atoms with van der Waals surface area (Å²) in [6.45, 7) is 1.20. The van der Waals surface area contributed by atoms with E-state index in [1.807, 2.05) is 0 Å². The fourth-order valence-corrected chi connectivity index (χ4v) is 2.93. The molecule has 0 spiro atoms. The number of halogens is 4. The van der Waals surface area contributed by atoms with Crippen molar-refractivity contribution in [3.05, 3.63) is 45.1 Å². The summed E-state index contributed by atoms with van der Waals surface area (Å²) in [5.74, 6) is -2.46. The number of benzene rings is 1. The van der Waals surface area contributed by atoms with Crippen LogP contribution in [-0.2, 0) is 11.0 Å². The summed E-state index contributed by atoms with van der Waals surface area (Å²) in [5, 5.41) is 18.7. The van der Waals surface area contributed by atoms with Crippen LogP contribution in [-0.4, -0.2) is 39.6 Å². The number of aliphatic carboxylic acids is 1. The molecule has 0 radical (unpaired) electrons. The van der Waals surface area contributed by atoms with Gasteiger partial charge in [0.25, 0.3) is 5.91 Å². The second-order valence-corrected chi connectivity index (χ2v) is 6.26. The van der Waals surface area contributed by atoms with Crippen molar-refractivity contribution >= 4 is 27.8 Å². The summed E-state index contributed by atoms with van der Waals surface area (Å²) in [7, 11) is 0. The summed E-state index contributed by atoms with van der Waals surface area (Å²) in [6.07, 6.45) is -4.71. The third kappa shape index (κ3) is 3.55. The maximum Gasteiger partial charge on any atom is 0.417 e. The van der Waals surface area contributed by atoms with Crippen molar-refractivity contribution in [2.75, 3.05) is 6.54 Å². The van der Waals surface area contributed by atoms with E-state index in [-0.39, 0.29) is 28.6 Å². The van der Waals surface area contributed by atoms with E-state index < -0.39 is 35.4 Å². The van der Waals surface area contributed by atoms with Crippen molar-refractivity contribution in [1.29, 1.82) is 0 Å². The number of carboxylic acid groups (broad SMARTS) is 1. The highest BCUT2D eigenvalue weighted by Gasteiger charge is 2.36. The van der Waals surface area contributed by atoms with Crippen molar-refractivity contribution in [1.82, 2.24) is 4.90 Å². The third-order valence-electron chi connectivity index (χ3n) is 3.74. The van der Waals surface area contributed by atoms with Gasteiger partial charge in [0.05, 0.1) is 17.7 Å². The van der Waals surface area contributed by atoms with Crippen molar-refractivity contribution in [3.63, 3.8) is 0 Å². The summed E-state index contributed by atoms with van der Waals surface area (Å²) < 4.78 is 38.7. The Morgan fingerprint density at radius 2 is 1.96 bits per heavy atom. The number of alkyl halides is 3. The van der Waals surface area contributed by atoms with Gasteiger partial charge in [-0.15, -0.1) is 0 Å². The van der Waals surface area contributed by atoms with E-state index in [0.717, 1.165) is 17.0 Å². The first-order valence-electron chi connectivity index (χ1n) is 6.84. The lowest BCUT2D eigenvalue weighted by Crippen LogP contribution is -2.44. The van der Waals surface area contributed by atoms with Crippen LogP contribution in [0.4, 0.5) is 13.2 Å². The average molecular weight is 408 g/mol. The fraction of sp³-hybridized carbons (Fsp3) is 0.333. The predicted octanol–water partition coefficient (Wildman–Crippen LogP) is 3.60. The molecule has 0 saturated heterocycles. The van der Waals surface area contributed by atoms with Crippen LogP contribution in [0.2, 0.25) is 0 Å². The van der Waals surface area contributed by atoms with Gasteiger partial charge in [-0.3, -0.25) is 4.79 Å². The van der Waals surface area contributed by atoms with Crippen molar-refractivity contribution in [2.24, 2.45) is 0 Å². The molecule has 1 atom stereocenters. The van der Waals surface area contributed by atoms with E-state index in [4.69, 9.17) is 5.11 Å². The first kappa shape index (κ1) is 18.3. The van der Waals surface area contributed by atoms with E-state index in [0.29, 0.717) is 0 Å². The standard InChI is InChI=1S/C15H13BrF3NO4/c1-7-4-9(14(23)24)12(21)6-20(7)13(22)8-2-3-11(16)10(5-8)15(17,18)19/h2-3,5,7,21H,4,6H2,1H3,(H,23,24). The summed E-state index contributed by atoms with van der Waals surface area (Å²) >= 11 is 2.80. The van der Waals surface area contributed by atoms with Crippen LogP contribution in [0.25, 0.3) is 0 Å². The molecule has 1 amide bonds. The summed E-state index contributed by atoms with van der Waals surface area (Å²) in [4.78, 5) is 24.6. The Morgan fingerprint density at radius 1 is 1.33 bits per heavy atom. The molecule has 2 rings (SSSR count). The number of rotatable bonds is 2. The van der Waals surface area contributed by atoms with Crippen LogP contribution >= 0.6 is 15.9 Å². The normalized spacial score (nSPS) is 18.7. The molecule has 1 aromatic rings. The molecule has 0 fully saturated rings. The highest BCUT2D eigenvalue weighted by atomic mass is 79.9. The number of hydrogen-bond acceptors (Lipinski definition) is 3. The second kappa shape index (κ2) is 6.46. The van der Waals surface area contributed by atoms with Gasteiger partial charge in [0.2, 0.25) is 0 Å². The predicted molar refractivity (Wildman–Crippen MR) is 81.6 cm³/mol. The maximum atomic E-state index is 12.9. The minimum absolute atomic E-state index is 0.0877. The highest BCUT2D eigenvalue weighted by molar-refractivity contribution is 9.10. The summed E-state index contributed by atoms with van der Waals surface area (Å²) in [6, 6.07) is 2.52. The quantitative estimate of drug-likeness (QED) is 0.784. The minimum atomic E-state index is -4.62. The lowest BCUT2D eigenvalue weighted by atomic mass is 9.98. The fourth-order valence-electron chi connectivity index (χ4n) is 2.46. The van der Waals surface area contributed by atoms with Gasteiger partial charge in [-0.1, -0.05) is 15.9 Å². The van der Waals surface area contributed by atoms with Gasteiger partial charge in [0.1, 0.15) is 5.76 Å². The third-order valence-corrected chi connectivity index (χ3v) is 4.43. The van der Waals surface area contributed by atoms with Gasteiger partial charge >= 0.3 is 12.1 Å². The molecular formula is C15H13BrF3NO4. The zero-order valence-corrected chi connectivity index (χ0v) is 14.0. The number of hydrogen-bond donors (Lipinski definition) is 2. The Labute approximate surface area is 143 Å². The Kier molecular flexibility index (Phi) is 4.93. The molecule has 9 heteroatoms. The monoisotopic (exact) mass is 407 g/mol. The Bertz CT molecular complexity index is 730.